The minimum Gasteiger partial charge on any atom is -0.289 e. The van der Waals surface area contributed by atoms with Crippen molar-refractivity contribution in [3.8, 4) is 0 Å². The van der Waals surface area contributed by atoms with Gasteiger partial charge in [0.1, 0.15) is 0 Å². The summed E-state index contributed by atoms with van der Waals surface area (Å²) in [6.07, 6.45) is 0. The van der Waals surface area contributed by atoms with Crippen LogP contribution in [0.5, 0.6) is 0 Å². The molecule has 15 heavy (non-hydrogen) atoms. The zero-order chi connectivity index (χ0) is 11.0. The Morgan fingerprint density at radius 1 is 1.13 bits per heavy atom. The number of carbonyl (C=O) groups is 1. The molecule has 1 heteroatoms. The van der Waals surface area contributed by atoms with Crippen LogP contribution >= 0.6 is 0 Å². The molecule has 0 saturated carbocycles. The molecule has 0 N–H and O–H groups in total. The first-order chi connectivity index (χ1) is 7.13. The smallest absolute Gasteiger partial charge is 0.185 e. The highest BCUT2D eigenvalue weighted by molar-refractivity contribution is 6.12. The second-order valence-electron chi connectivity index (χ2n) is 4.01. The van der Waals surface area contributed by atoms with Crippen molar-refractivity contribution in [2.45, 2.75) is 19.8 Å². The van der Waals surface area contributed by atoms with Crippen molar-refractivity contribution in [3.05, 3.63) is 59.2 Å². The average molecular weight is 198 g/mol. The summed E-state index contributed by atoms with van der Waals surface area (Å²) >= 11 is 0. The molecule has 1 nitrogen and oxygen atoms in total. The fraction of sp³-hybridized carbons (Fsp3) is 0.214. The number of ketones is 1. The fourth-order valence-corrected chi connectivity index (χ4v) is 2.13. The molecular formula is C14H14O. The van der Waals surface area contributed by atoms with Crippen LogP contribution < -0.4 is 0 Å². The summed E-state index contributed by atoms with van der Waals surface area (Å²) in [5.41, 5.74) is 3.85. The van der Waals surface area contributed by atoms with Gasteiger partial charge in [-0.1, -0.05) is 42.5 Å². The van der Waals surface area contributed by atoms with E-state index < -0.39 is 0 Å². The molecule has 0 saturated heterocycles. The molecule has 1 aliphatic carbocycles. The third kappa shape index (κ3) is 1.44. The Kier molecular flexibility index (Phi) is 2.31. The van der Waals surface area contributed by atoms with Gasteiger partial charge in [-0.05, 0) is 25.0 Å². The molecule has 1 unspecified atom stereocenters. The van der Waals surface area contributed by atoms with Gasteiger partial charge >= 0.3 is 0 Å². The molecule has 0 aromatic heterocycles. The Bertz CT molecular complexity index is 451. The van der Waals surface area contributed by atoms with Gasteiger partial charge in [0.05, 0.1) is 0 Å². The van der Waals surface area contributed by atoms with Crippen LogP contribution in [0.15, 0.2) is 53.6 Å². The molecule has 0 aliphatic heterocycles. The van der Waals surface area contributed by atoms with E-state index in [1.54, 1.807) is 0 Å². The van der Waals surface area contributed by atoms with Crippen LogP contribution in [-0.4, -0.2) is 5.78 Å². The van der Waals surface area contributed by atoms with Crippen LogP contribution in [0.1, 0.15) is 25.3 Å². The maximum absolute atomic E-state index is 11.7. The molecule has 0 heterocycles. The normalized spacial score (nSPS) is 21.3. The van der Waals surface area contributed by atoms with Gasteiger partial charge < -0.3 is 0 Å². The lowest BCUT2D eigenvalue weighted by Gasteiger charge is -2.12. The van der Waals surface area contributed by atoms with E-state index in [4.69, 9.17) is 0 Å². The van der Waals surface area contributed by atoms with E-state index in [1.807, 2.05) is 44.2 Å². The topological polar surface area (TPSA) is 17.1 Å². The van der Waals surface area contributed by atoms with E-state index >= 15 is 0 Å². The van der Waals surface area contributed by atoms with Crippen LogP contribution in [0.2, 0.25) is 0 Å². The minimum absolute atomic E-state index is 0.0960. The van der Waals surface area contributed by atoms with Crippen LogP contribution in [0.25, 0.3) is 0 Å². The quantitative estimate of drug-likeness (QED) is 0.633. The molecule has 1 aliphatic rings. The van der Waals surface area contributed by atoms with Crippen LogP contribution in [-0.2, 0) is 4.79 Å². The second kappa shape index (κ2) is 3.50. The number of allylic oxidation sites excluding steroid dienone is 3. The molecule has 2 rings (SSSR count). The molecule has 1 aromatic rings. The van der Waals surface area contributed by atoms with E-state index in [9.17, 15) is 4.79 Å². The molecule has 0 spiro atoms. The number of hydrogen-bond donors (Lipinski definition) is 0. The molecule has 0 amide bonds. The first-order valence-electron chi connectivity index (χ1n) is 5.08. The maximum atomic E-state index is 11.7. The second-order valence-corrected chi connectivity index (χ2v) is 4.01. The van der Waals surface area contributed by atoms with Gasteiger partial charge in [-0.25, -0.2) is 0 Å². The van der Waals surface area contributed by atoms with E-state index in [-0.39, 0.29) is 11.7 Å². The third-order valence-electron chi connectivity index (χ3n) is 3.14. The Balaban J connectivity index is 2.49. The lowest BCUT2D eigenvalue weighted by Crippen LogP contribution is -2.02. The molecule has 0 bridgehead atoms. The summed E-state index contributed by atoms with van der Waals surface area (Å²) in [6, 6.07) is 10.1. The molecule has 0 fully saturated rings. The zero-order valence-electron chi connectivity index (χ0n) is 9.08. The summed E-state index contributed by atoms with van der Waals surface area (Å²) < 4.78 is 0. The summed E-state index contributed by atoms with van der Waals surface area (Å²) in [5.74, 6) is 0.208. The SMILES string of the molecule is C=C1C(=O)C(C)=C(C)C1c1ccccc1. The van der Waals surface area contributed by atoms with Gasteiger partial charge in [0.25, 0.3) is 0 Å². The molecule has 1 atom stereocenters. The summed E-state index contributed by atoms with van der Waals surface area (Å²) in [7, 11) is 0. The Morgan fingerprint density at radius 3 is 2.20 bits per heavy atom. The van der Waals surface area contributed by atoms with Crippen LogP contribution in [0.4, 0.5) is 0 Å². The number of hydrogen-bond acceptors (Lipinski definition) is 1. The van der Waals surface area contributed by atoms with E-state index in [0.29, 0.717) is 5.57 Å². The number of benzene rings is 1. The van der Waals surface area contributed by atoms with E-state index in [1.165, 1.54) is 0 Å². The van der Waals surface area contributed by atoms with Gasteiger partial charge in [-0.15, -0.1) is 0 Å². The van der Waals surface area contributed by atoms with Gasteiger partial charge in [0, 0.05) is 11.5 Å². The van der Waals surface area contributed by atoms with E-state index in [2.05, 4.69) is 6.58 Å². The van der Waals surface area contributed by atoms with Crippen molar-refractivity contribution in [1.82, 2.24) is 0 Å². The Hall–Kier alpha value is -1.63. The predicted octanol–water partition coefficient (Wildman–Crippen LogP) is 3.25. The highest BCUT2D eigenvalue weighted by Crippen LogP contribution is 2.39. The number of rotatable bonds is 1. The molecule has 76 valence electrons. The van der Waals surface area contributed by atoms with Crippen molar-refractivity contribution in [3.63, 3.8) is 0 Å². The highest BCUT2D eigenvalue weighted by atomic mass is 16.1. The Morgan fingerprint density at radius 2 is 1.73 bits per heavy atom. The van der Waals surface area contributed by atoms with Crippen LogP contribution in [0.3, 0.4) is 0 Å². The van der Waals surface area contributed by atoms with Crippen molar-refractivity contribution < 1.29 is 4.79 Å². The standard InChI is InChI=1S/C14H14O/c1-9-10(2)14(15)11(3)13(9)12-7-5-4-6-8-12/h4-8,13H,3H2,1-2H3. The number of carbonyl (C=O) groups excluding carboxylic acids is 1. The first kappa shape index (κ1) is 9.91. The van der Waals surface area contributed by atoms with Gasteiger partial charge in [0.2, 0.25) is 0 Å². The maximum Gasteiger partial charge on any atom is 0.185 e. The largest absolute Gasteiger partial charge is 0.289 e. The molecule has 1 aromatic carbocycles. The van der Waals surface area contributed by atoms with Crippen molar-refractivity contribution in [1.29, 1.82) is 0 Å². The molecular weight excluding hydrogens is 184 g/mol. The number of Topliss-reactive ketones (excluding diaryl/α,β-unsaturated/α-hetero) is 1. The fourth-order valence-electron chi connectivity index (χ4n) is 2.13. The Labute approximate surface area is 90.1 Å². The first-order valence-corrected chi connectivity index (χ1v) is 5.08. The van der Waals surface area contributed by atoms with Crippen molar-refractivity contribution in [2.75, 3.05) is 0 Å². The van der Waals surface area contributed by atoms with Gasteiger partial charge in [-0.2, -0.15) is 0 Å². The van der Waals surface area contributed by atoms with Gasteiger partial charge in [0.15, 0.2) is 5.78 Å². The van der Waals surface area contributed by atoms with Crippen molar-refractivity contribution >= 4 is 5.78 Å². The minimum atomic E-state index is 0.0960. The van der Waals surface area contributed by atoms with Gasteiger partial charge in [-0.3, -0.25) is 4.79 Å². The molecule has 0 radical (unpaired) electrons. The highest BCUT2D eigenvalue weighted by Gasteiger charge is 2.31. The summed E-state index contributed by atoms with van der Waals surface area (Å²) in [5, 5.41) is 0. The predicted molar refractivity (Wildman–Crippen MR) is 61.7 cm³/mol. The lowest BCUT2D eigenvalue weighted by molar-refractivity contribution is -0.111. The van der Waals surface area contributed by atoms with Crippen LogP contribution in [0, 0.1) is 0 Å². The average Bonchev–Trinajstić information content (AvgIpc) is 2.45. The monoisotopic (exact) mass is 198 g/mol. The summed E-state index contributed by atoms with van der Waals surface area (Å²) in [6.45, 7) is 7.80. The van der Waals surface area contributed by atoms with Crippen molar-refractivity contribution in [2.24, 2.45) is 0 Å². The lowest BCUT2D eigenvalue weighted by atomic mass is 9.90. The zero-order valence-corrected chi connectivity index (χ0v) is 9.08. The third-order valence-corrected chi connectivity index (χ3v) is 3.14. The van der Waals surface area contributed by atoms with E-state index in [0.717, 1.165) is 16.7 Å². The summed E-state index contributed by atoms with van der Waals surface area (Å²) in [4.78, 5) is 11.7.